The first-order chi connectivity index (χ1) is 12.1. The van der Waals surface area contributed by atoms with E-state index in [2.05, 4.69) is 15.6 Å². The highest BCUT2D eigenvalue weighted by Gasteiger charge is 2.24. The number of hydrogen-bond donors (Lipinski definition) is 1. The van der Waals surface area contributed by atoms with Crippen molar-refractivity contribution in [3.05, 3.63) is 53.3 Å². The van der Waals surface area contributed by atoms with Crippen LogP contribution in [0.1, 0.15) is 34.7 Å². The highest BCUT2D eigenvalue weighted by atomic mass is 19.1. The number of nitrogens with zero attached hydrogens (tertiary/aromatic N) is 3. The van der Waals surface area contributed by atoms with Gasteiger partial charge in [0.05, 0.1) is 17.6 Å². The van der Waals surface area contributed by atoms with Crippen LogP contribution in [0.5, 0.6) is 0 Å². The molecule has 4 rings (SSSR count). The molecule has 0 aliphatic carbocycles. The fourth-order valence-corrected chi connectivity index (χ4v) is 3.15. The Hall–Kier alpha value is -2.96. The minimum Gasteiger partial charge on any atom is -0.360 e. The molecule has 1 aliphatic rings. The van der Waals surface area contributed by atoms with E-state index < -0.39 is 0 Å². The molecule has 0 unspecified atom stereocenters. The van der Waals surface area contributed by atoms with E-state index in [1.165, 1.54) is 12.1 Å². The number of aryl methyl sites for hydroxylation is 2. The molecule has 0 atom stereocenters. The van der Waals surface area contributed by atoms with Crippen molar-refractivity contribution in [1.82, 2.24) is 14.9 Å². The van der Waals surface area contributed by atoms with E-state index in [4.69, 9.17) is 4.52 Å². The minimum atomic E-state index is -0.346. The van der Waals surface area contributed by atoms with Crippen molar-refractivity contribution < 1.29 is 13.7 Å². The molecule has 6 nitrogen and oxygen atoms in total. The lowest BCUT2D eigenvalue weighted by Crippen LogP contribution is -2.17. The summed E-state index contributed by atoms with van der Waals surface area (Å²) in [6.45, 7) is 2.56. The first-order valence-corrected chi connectivity index (χ1v) is 8.22. The zero-order valence-electron chi connectivity index (χ0n) is 13.8. The molecule has 1 aromatic carbocycles. The van der Waals surface area contributed by atoms with Crippen LogP contribution in [0.2, 0.25) is 0 Å². The van der Waals surface area contributed by atoms with Crippen LogP contribution in [0.25, 0.3) is 11.3 Å². The van der Waals surface area contributed by atoms with Crippen LogP contribution in [0.4, 0.5) is 10.1 Å². The molecule has 7 heteroatoms. The summed E-state index contributed by atoms with van der Waals surface area (Å²) in [5.74, 6) is -0.237. The van der Waals surface area contributed by atoms with E-state index >= 15 is 0 Å². The third-order valence-corrected chi connectivity index (χ3v) is 4.44. The Morgan fingerprint density at radius 1 is 1.28 bits per heavy atom. The normalized spacial score (nSPS) is 13.5. The van der Waals surface area contributed by atoms with Crippen molar-refractivity contribution in [2.75, 3.05) is 5.32 Å². The van der Waals surface area contributed by atoms with E-state index in [1.807, 2.05) is 4.68 Å². The van der Waals surface area contributed by atoms with Gasteiger partial charge in [-0.25, -0.2) is 4.39 Å². The van der Waals surface area contributed by atoms with Crippen LogP contribution < -0.4 is 5.32 Å². The number of carbonyl (C=O) groups is 1. The van der Waals surface area contributed by atoms with Gasteiger partial charge in [-0.2, -0.15) is 5.10 Å². The fourth-order valence-electron chi connectivity index (χ4n) is 3.15. The summed E-state index contributed by atoms with van der Waals surface area (Å²) in [6, 6.07) is 5.81. The van der Waals surface area contributed by atoms with Crippen molar-refractivity contribution in [2.24, 2.45) is 0 Å². The van der Waals surface area contributed by atoms with Gasteiger partial charge in [0.25, 0.3) is 5.91 Å². The fraction of sp³-hybridized carbons (Fsp3) is 0.278. The van der Waals surface area contributed by atoms with Crippen molar-refractivity contribution in [3.63, 3.8) is 0 Å². The van der Waals surface area contributed by atoms with Gasteiger partial charge in [-0.05, 0) is 50.5 Å². The number of halogens is 1. The molecule has 0 radical (unpaired) electrons. The molecule has 0 bridgehead atoms. The van der Waals surface area contributed by atoms with E-state index in [0.29, 0.717) is 22.6 Å². The van der Waals surface area contributed by atoms with Crippen LogP contribution in [0.15, 0.2) is 35.0 Å². The number of carbonyl (C=O) groups excluding carboxylic acids is 1. The molecule has 0 spiro atoms. The molecule has 3 aromatic rings. The minimum absolute atomic E-state index is 0.306. The molecule has 0 fully saturated rings. The van der Waals surface area contributed by atoms with Crippen LogP contribution in [0, 0.1) is 12.7 Å². The molecule has 25 heavy (non-hydrogen) atoms. The predicted molar refractivity (Wildman–Crippen MR) is 89.8 cm³/mol. The highest BCUT2D eigenvalue weighted by molar-refractivity contribution is 6.09. The van der Waals surface area contributed by atoms with E-state index in [9.17, 15) is 9.18 Å². The summed E-state index contributed by atoms with van der Waals surface area (Å²) in [5, 5.41) is 11.2. The molecule has 1 amide bonds. The number of amides is 1. The molecule has 0 saturated carbocycles. The third kappa shape index (κ3) is 2.82. The van der Waals surface area contributed by atoms with E-state index in [0.717, 1.165) is 37.2 Å². The Morgan fingerprint density at radius 3 is 2.88 bits per heavy atom. The second kappa shape index (κ2) is 6.16. The van der Waals surface area contributed by atoms with E-state index in [-0.39, 0.29) is 11.7 Å². The van der Waals surface area contributed by atoms with Crippen molar-refractivity contribution in [2.45, 2.75) is 32.7 Å². The maximum Gasteiger partial charge on any atom is 0.261 e. The van der Waals surface area contributed by atoms with Crippen LogP contribution in [0.3, 0.4) is 0 Å². The van der Waals surface area contributed by atoms with Crippen LogP contribution >= 0.6 is 0 Å². The zero-order chi connectivity index (χ0) is 17.4. The topological polar surface area (TPSA) is 73.0 Å². The van der Waals surface area contributed by atoms with Gasteiger partial charge in [-0.1, -0.05) is 5.16 Å². The standard InChI is InChI=1S/C18H17FN4O2/c1-11-16(17(22-25-11)12-5-7-13(19)8-6-12)18(24)21-14-10-20-23-9-3-2-4-15(14)23/h5-8,10H,2-4,9H2,1H3,(H,21,24). The quantitative estimate of drug-likeness (QED) is 0.791. The van der Waals surface area contributed by atoms with Crippen molar-refractivity contribution >= 4 is 11.6 Å². The maximum atomic E-state index is 13.1. The lowest BCUT2D eigenvalue weighted by Gasteiger charge is -2.14. The predicted octanol–water partition coefficient (Wildman–Crippen LogP) is 3.57. The molecule has 2 aromatic heterocycles. The van der Waals surface area contributed by atoms with Crippen LogP contribution in [-0.2, 0) is 13.0 Å². The largest absolute Gasteiger partial charge is 0.360 e. The molecule has 0 saturated heterocycles. The Morgan fingerprint density at radius 2 is 2.08 bits per heavy atom. The molecular formula is C18H17FN4O2. The third-order valence-electron chi connectivity index (χ3n) is 4.44. The summed E-state index contributed by atoms with van der Waals surface area (Å²) >= 11 is 0. The summed E-state index contributed by atoms with van der Waals surface area (Å²) in [5.41, 5.74) is 3.13. The smallest absolute Gasteiger partial charge is 0.261 e. The lowest BCUT2D eigenvalue weighted by molar-refractivity contribution is 0.102. The van der Waals surface area contributed by atoms with Gasteiger partial charge < -0.3 is 9.84 Å². The van der Waals surface area contributed by atoms with Gasteiger partial charge in [0, 0.05) is 12.1 Å². The van der Waals surface area contributed by atoms with Crippen molar-refractivity contribution in [1.29, 1.82) is 0 Å². The zero-order valence-corrected chi connectivity index (χ0v) is 13.8. The van der Waals surface area contributed by atoms with Gasteiger partial charge in [-0.15, -0.1) is 0 Å². The SMILES string of the molecule is Cc1onc(-c2ccc(F)cc2)c1C(=O)Nc1cnn2c1CCCC2. The van der Waals surface area contributed by atoms with Crippen LogP contribution in [-0.4, -0.2) is 20.8 Å². The Kier molecular flexibility index (Phi) is 3.83. The van der Waals surface area contributed by atoms with Gasteiger partial charge in [0.1, 0.15) is 22.8 Å². The van der Waals surface area contributed by atoms with Gasteiger partial charge in [-0.3, -0.25) is 9.48 Å². The average Bonchev–Trinajstić information content (AvgIpc) is 3.20. The number of benzene rings is 1. The summed E-state index contributed by atoms with van der Waals surface area (Å²) in [4.78, 5) is 12.8. The first kappa shape index (κ1) is 15.6. The van der Waals surface area contributed by atoms with E-state index in [1.54, 1.807) is 25.3 Å². The Labute approximate surface area is 143 Å². The summed E-state index contributed by atoms with van der Waals surface area (Å²) in [7, 11) is 0. The number of anilines is 1. The second-order valence-corrected chi connectivity index (χ2v) is 6.11. The average molecular weight is 340 g/mol. The molecular weight excluding hydrogens is 323 g/mol. The molecule has 1 aliphatic heterocycles. The molecule has 1 N–H and O–H groups in total. The molecule has 3 heterocycles. The molecule has 128 valence electrons. The highest BCUT2D eigenvalue weighted by Crippen LogP contribution is 2.28. The van der Waals surface area contributed by atoms with Gasteiger partial charge in [0.15, 0.2) is 0 Å². The number of rotatable bonds is 3. The Balaban J connectivity index is 1.66. The monoisotopic (exact) mass is 340 g/mol. The van der Waals surface area contributed by atoms with Gasteiger partial charge >= 0.3 is 0 Å². The number of hydrogen-bond acceptors (Lipinski definition) is 4. The van der Waals surface area contributed by atoms with Crippen molar-refractivity contribution in [3.8, 4) is 11.3 Å². The number of aromatic nitrogens is 3. The number of nitrogens with one attached hydrogen (secondary N) is 1. The number of fused-ring (bicyclic) bond motifs is 1. The first-order valence-electron chi connectivity index (χ1n) is 8.22. The maximum absolute atomic E-state index is 13.1. The second-order valence-electron chi connectivity index (χ2n) is 6.11. The lowest BCUT2D eigenvalue weighted by atomic mass is 10.1. The summed E-state index contributed by atoms with van der Waals surface area (Å²) < 4.78 is 20.3. The Bertz CT molecular complexity index is 927. The van der Waals surface area contributed by atoms with Gasteiger partial charge in [0.2, 0.25) is 0 Å². The summed E-state index contributed by atoms with van der Waals surface area (Å²) in [6.07, 6.45) is 4.76.